The number of hydrogen-bond donors (Lipinski definition) is 1. The number of ether oxygens (including phenoxy) is 1. The predicted molar refractivity (Wildman–Crippen MR) is 71.9 cm³/mol. The smallest absolute Gasteiger partial charge is 0.336 e. The fourth-order valence-electron chi connectivity index (χ4n) is 1.51. The molecule has 0 atom stereocenters. The highest BCUT2D eigenvalue weighted by Gasteiger charge is 2.08. The van der Waals surface area contributed by atoms with E-state index in [-0.39, 0.29) is 5.56 Å². The number of carboxylic acids is 1. The van der Waals surface area contributed by atoms with Gasteiger partial charge in [-0.2, -0.15) is 0 Å². The first kappa shape index (κ1) is 12.6. The average molecular weight is 307 g/mol. The molecule has 3 nitrogen and oxygen atoms in total. The van der Waals surface area contributed by atoms with Crippen LogP contribution < -0.4 is 4.74 Å². The van der Waals surface area contributed by atoms with Crippen molar-refractivity contribution >= 4 is 21.9 Å². The predicted octanol–water partition coefficient (Wildman–Crippen LogP) is 3.73. The summed E-state index contributed by atoms with van der Waals surface area (Å²) in [6.45, 7) is 0.405. The first-order valence-corrected chi connectivity index (χ1v) is 6.15. The third kappa shape index (κ3) is 3.11. The number of rotatable bonds is 4. The zero-order chi connectivity index (χ0) is 13.0. The molecule has 0 aliphatic heterocycles. The van der Waals surface area contributed by atoms with Gasteiger partial charge in [0, 0.05) is 4.47 Å². The van der Waals surface area contributed by atoms with Gasteiger partial charge in [0.25, 0.3) is 0 Å². The van der Waals surface area contributed by atoms with Gasteiger partial charge >= 0.3 is 5.97 Å². The molecule has 0 radical (unpaired) electrons. The van der Waals surface area contributed by atoms with E-state index in [1.54, 1.807) is 18.2 Å². The van der Waals surface area contributed by atoms with Crippen molar-refractivity contribution in [3.8, 4) is 5.75 Å². The summed E-state index contributed by atoms with van der Waals surface area (Å²) < 4.78 is 6.14. The number of carbonyl (C=O) groups is 1. The monoisotopic (exact) mass is 306 g/mol. The first-order chi connectivity index (χ1) is 8.66. The molecule has 0 saturated carbocycles. The minimum Gasteiger partial charge on any atom is -0.489 e. The molecule has 2 rings (SSSR count). The van der Waals surface area contributed by atoms with Crippen LogP contribution in [0.1, 0.15) is 15.9 Å². The van der Waals surface area contributed by atoms with Gasteiger partial charge in [-0.15, -0.1) is 0 Å². The lowest BCUT2D eigenvalue weighted by Gasteiger charge is -2.07. The third-order valence-corrected chi connectivity index (χ3v) is 3.07. The highest BCUT2D eigenvalue weighted by Crippen LogP contribution is 2.20. The van der Waals surface area contributed by atoms with Gasteiger partial charge in [0.2, 0.25) is 0 Å². The van der Waals surface area contributed by atoms with Gasteiger partial charge in [0.1, 0.15) is 12.4 Å². The van der Waals surface area contributed by atoms with Gasteiger partial charge in [0.05, 0.1) is 5.56 Å². The Morgan fingerprint density at radius 3 is 2.50 bits per heavy atom. The Balaban J connectivity index is 2.07. The van der Waals surface area contributed by atoms with Crippen LogP contribution in [0.4, 0.5) is 0 Å². The molecule has 0 amide bonds. The van der Waals surface area contributed by atoms with Crippen LogP contribution in [-0.4, -0.2) is 11.1 Å². The fourth-order valence-corrected chi connectivity index (χ4v) is 2.10. The van der Waals surface area contributed by atoms with E-state index in [1.165, 1.54) is 0 Å². The van der Waals surface area contributed by atoms with Crippen LogP contribution in [0, 0.1) is 0 Å². The third-order valence-electron chi connectivity index (χ3n) is 2.41. The summed E-state index contributed by atoms with van der Waals surface area (Å²) in [6, 6.07) is 14.5. The number of aromatic carboxylic acids is 1. The quantitative estimate of drug-likeness (QED) is 0.936. The van der Waals surface area contributed by atoms with Gasteiger partial charge in [-0.05, 0) is 45.8 Å². The number of benzene rings is 2. The lowest BCUT2D eigenvalue weighted by atomic mass is 10.1. The highest BCUT2D eigenvalue weighted by atomic mass is 79.9. The van der Waals surface area contributed by atoms with Gasteiger partial charge in [-0.25, -0.2) is 4.79 Å². The molecule has 92 valence electrons. The molecule has 0 fully saturated rings. The Labute approximate surface area is 113 Å². The molecule has 0 spiro atoms. The number of carboxylic acid groups (broad SMARTS) is 1. The molecule has 1 N–H and O–H groups in total. The molecule has 2 aromatic rings. The van der Waals surface area contributed by atoms with Gasteiger partial charge < -0.3 is 9.84 Å². The largest absolute Gasteiger partial charge is 0.489 e. The summed E-state index contributed by atoms with van der Waals surface area (Å²) in [5.41, 5.74) is 1.16. The van der Waals surface area contributed by atoms with Crippen molar-refractivity contribution in [1.82, 2.24) is 0 Å². The van der Waals surface area contributed by atoms with Crippen molar-refractivity contribution in [3.05, 3.63) is 64.1 Å². The van der Waals surface area contributed by atoms with Gasteiger partial charge in [-0.3, -0.25) is 0 Å². The maximum Gasteiger partial charge on any atom is 0.336 e. The van der Waals surface area contributed by atoms with Gasteiger partial charge in [0.15, 0.2) is 0 Å². The summed E-state index contributed by atoms with van der Waals surface area (Å²) >= 11 is 3.24. The van der Waals surface area contributed by atoms with E-state index in [9.17, 15) is 4.79 Å². The lowest BCUT2D eigenvalue weighted by Crippen LogP contribution is -2.00. The van der Waals surface area contributed by atoms with E-state index >= 15 is 0 Å². The topological polar surface area (TPSA) is 46.5 Å². The van der Waals surface area contributed by atoms with Crippen molar-refractivity contribution in [2.24, 2.45) is 0 Å². The first-order valence-electron chi connectivity index (χ1n) is 5.36. The molecule has 0 aliphatic rings. The van der Waals surface area contributed by atoms with E-state index in [2.05, 4.69) is 15.9 Å². The number of halogens is 1. The number of hydrogen-bond acceptors (Lipinski definition) is 2. The normalized spacial score (nSPS) is 10.1. The molecule has 0 saturated heterocycles. The summed E-state index contributed by atoms with van der Waals surface area (Å²) in [4.78, 5) is 10.9. The van der Waals surface area contributed by atoms with Crippen LogP contribution in [0.2, 0.25) is 0 Å². The minimum absolute atomic E-state index is 0.249. The van der Waals surface area contributed by atoms with Crippen LogP contribution in [0.5, 0.6) is 5.75 Å². The Bertz CT molecular complexity index is 552. The average Bonchev–Trinajstić information content (AvgIpc) is 2.37. The Morgan fingerprint density at radius 1 is 1.17 bits per heavy atom. The standard InChI is InChI=1S/C14H11BrO3/c15-13-8-10(6-7-12(13)14(16)17)9-18-11-4-2-1-3-5-11/h1-8H,9H2,(H,16,17). The van der Waals surface area contributed by atoms with Crippen LogP contribution >= 0.6 is 15.9 Å². The molecule has 0 heterocycles. The Hall–Kier alpha value is -1.81. The molecule has 18 heavy (non-hydrogen) atoms. The van der Waals surface area contributed by atoms with E-state index < -0.39 is 5.97 Å². The molecular weight excluding hydrogens is 296 g/mol. The van der Waals surface area contributed by atoms with E-state index in [0.717, 1.165) is 11.3 Å². The summed E-state index contributed by atoms with van der Waals surface area (Å²) in [5.74, 6) is -0.159. The molecule has 0 bridgehead atoms. The van der Waals surface area contributed by atoms with Crippen LogP contribution in [0.3, 0.4) is 0 Å². The number of para-hydroxylation sites is 1. The fraction of sp³-hybridized carbons (Fsp3) is 0.0714. The van der Waals surface area contributed by atoms with E-state index in [0.29, 0.717) is 11.1 Å². The molecule has 0 unspecified atom stereocenters. The van der Waals surface area contributed by atoms with E-state index in [4.69, 9.17) is 9.84 Å². The molecule has 2 aromatic carbocycles. The van der Waals surface area contributed by atoms with Crippen molar-refractivity contribution in [1.29, 1.82) is 0 Å². The molecule has 0 aromatic heterocycles. The zero-order valence-electron chi connectivity index (χ0n) is 9.47. The van der Waals surface area contributed by atoms with E-state index in [1.807, 2.05) is 30.3 Å². The second-order valence-electron chi connectivity index (χ2n) is 3.72. The summed E-state index contributed by atoms with van der Waals surface area (Å²) in [7, 11) is 0. The highest BCUT2D eigenvalue weighted by molar-refractivity contribution is 9.10. The van der Waals surface area contributed by atoms with Crippen molar-refractivity contribution in [2.75, 3.05) is 0 Å². The summed E-state index contributed by atoms with van der Waals surface area (Å²) in [5, 5.41) is 8.90. The van der Waals surface area contributed by atoms with Crippen LogP contribution in [-0.2, 0) is 6.61 Å². The molecular formula is C14H11BrO3. The minimum atomic E-state index is -0.947. The van der Waals surface area contributed by atoms with Crippen molar-refractivity contribution < 1.29 is 14.6 Å². The second kappa shape index (κ2) is 5.69. The van der Waals surface area contributed by atoms with Crippen LogP contribution in [0.15, 0.2) is 53.0 Å². The van der Waals surface area contributed by atoms with Crippen molar-refractivity contribution in [2.45, 2.75) is 6.61 Å². The Morgan fingerprint density at radius 2 is 1.89 bits per heavy atom. The zero-order valence-corrected chi connectivity index (χ0v) is 11.1. The second-order valence-corrected chi connectivity index (χ2v) is 4.58. The Kier molecular flexibility index (Phi) is 3.99. The molecule has 4 heteroatoms. The molecule has 0 aliphatic carbocycles. The lowest BCUT2D eigenvalue weighted by molar-refractivity contribution is 0.0696. The SMILES string of the molecule is O=C(O)c1ccc(COc2ccccc2)cc1Br. The maximum atomic E-state index is 10.9. The maximum absolute atomic E-state index is 10.9. The summed E-state index contributed by atoms with van der Waals surface area (Å²) in [6.07, 6.45) is 0. The van der Waals surface area contributed by atoms with Gasteiger partial charge in [-0.1, -0.05) is 24.3 Å². The van der Waals surface area contributed by atoms with Crippen molar-refractivity contribution in [3.63, 3.8) is 0 Å². The van der Waals surface area contributed by atoms with Crippen LogP contribution in [0.25, 0.3) is 0 Å².